The third-order valence-corrected chi connectivity index (χ3v) is 2.90. The highest BCUT2D eigenvalue weighted by molar-refractivity contribution is 5.84. The molecule has 0 aliphatic rings. The molecule has 0 heteroatoms. The number of hydrogen-bond acceptors (Lipinski definition) is 0. The molecule has 0 saturated heterocycles. The minimum Gasteiger partial charge on any atom is -0.0616 e. The Morgan fingerprint density at radius 1 is 0.867 bits per heavy atom. The van der Waals surface area contributed by atoms with Crippen molar-refractivity contribution < 1.29 is 0 Å². The summed E-state index contributed by atoms with van der Waals surface area (Å²) in [5.41, 5.74) is 3.07. The zero-order valence-electron chi connectivity index (χ0n) is 9.96. The van der Waals surface area contributed by atoms with Gasteiger partial charge in [-0.3, -0.25) is 0 Å². The lowest BCUT2D eigenvalue weighted by Crippen LogP contribution is -2.12. The van der Waals surface area contributed by atoms with Crippen molar-refractivity contribution in [3.63, 3.8) is 0 Å². The Labute approximate surface area is 91.9 Å². The van der Waals surface area contributed by atoms with E-state index in [4.69, 9.17) is 0 Å². The summed E-state index contributed by atoms with van der Waals surface area (Å²) in [6.45, 7) is 9.01. The lowest BCUT2D eigenvalue weighted by molar-refractivity contribution is 0.587. The highest BCUT2D eigenvalue weighted by Crippen LogP contribution is 2.29. The predicted octanol–water partition coefficient (Wildman–Crippen LogP) is 4.45. The average Bonchev–Trinajstić information content (AvgIpc) is 2.15. The molecule has 0 fully saturated rings. The molecule has 0 aliphatic heterocycles. The average molecular weight is 198 g/mol. The van der Waals surface area contributed by atoms with Crippen molar-refractivity contribution in [2.75, 3.05) is 0 Å². The molecule has 15 heavy (non-hydrogen) atoms. The molecule has 0 unspecified atom stereocenters. The third kappa shape index (κ3) is 1.90. The van der Waals surface area contributed by atoms with Crippen molar-refractivity contribution in [2.24, 2.45) is 0 Å². The SMILES string of the molecule is Cc1cc2ccccc2cc1C(C)(C)C. The molecular weight excluding hydrogens is 180 g/mol. The molecule has 0 amide bonds. The van der Waals surface area contributed by atoms with E-state index in [0.717, 1.165) is 0 Å². The normalized spacial score (nSPS) is 12.0. The predicted molar refractivity (Wildman–Crippen MR) is 67.4 cm³/mol. The molecule has 2 aromatic carbocycles. The van der Waals surface area contributed by atoms with Crippen molar-refractivity contribution in [1.29, 1.82) is 0 Å². The van der Waals surface area contributed by atoms with Crippen LogP contribution in [0.25, 0.3) is 10.8 Å². The molecule has 0 aliphatic carbocycles. The van der Waals surface area contributed by atoms with Gasteiger partial charge in [0.15, 0.2) is 0 Å². The maximum atomic E-state index is 2.32. The van der Waals surface area contributed by atoms with E-state index in [1.807, 2.05) is 0 Å². The van der Waals surface area contributed by atoms with Crippen LogP contribution in [0.3, 0.4) is 0 Å². The van der Waals surface area contributed by atoms with E-state index < -0.39 is 0 Å². The van der Waals surface area contributed by atoms with Crippen LogP contribution in [0.15, 0.2) is 36.4 Å². The molecule has 0 nitrogen and oxygen atoms in total. The summed E-state index contributed by atoms with van der Waals surface area (Å²) in [6.07, 6.45) is 0. The van der Waals surface area contributed by atoms with Gasteiger partial charge in [0.05, 0.1) is 0 Å². The maximum absolute atomic E-state index is 2.32. The Kier molecular flexibility index (Phi) is 2.30. The van der Waals surface area contributed by atoms with E-state index in [-0.39, 0.29) is 5.41 Å². The Hall–Kier alpha value is -1.30. The van der Waals surface area contributed by atoms with Crippen LogP contribution < -0.4 is 0 Å². The van der Waals surface area contributed by atoms with Crippen LogP contribution in [-0.4, -0.2) is 0 Å². The molecule has 0 radical (unpaired) electrons. The van der Waals surface area contributed by atoms with E-state index in [1.54, 1.807) is 0 Å². The van der Waals surface area contributed by atoms with Crippen LogP contribution in [0, 0.1) is 6.92 Å². The van der Waals surface area contributed by atoms with Gasteiger partial charge in [0.2, 0.25) is 0 Å². The van der Waals surface area contributed by atoms with Crippen molar-refractivity contribution in [3.8, 4) is 0 Å². The number of benzene rings is 2. The molecule has 0 saturated carbocycles. The highest BCUT2D eigenvalue weighted by atomic mass is 14.2. The molecule has 0 heterocycles. The zero-order chi connectivity index (χ0) is 11.1. The van der Waals surface area contributed by atoms with Gasteiger partial charge >= 0.3 is 0 Å². The second kappa shape index (κ2) is 3.37. The summed E-state index contributed by atoms with van der Waals surface area (Å²) in [6, 6.07) is 13.2. The van der Waals surface area contributed by atoms with Crippen molar-refractivity contribution in [3.05, 3.63) is 47.5 Å². The fourth-order valence-electron chi connectivity index (χ4n) is 2.16. The number of rotatable bonds is 0. The van der Waals surface area contributed by atoms with Crippen LogP contribution in [0.1, 0.15) is 31.9 Å². The first-order valence-corrected chi connectivity index (χ1v) is 5.48. The van der Waals surface area contributed by atoms with Gasteiger partial charge < -0.3 is 0 Å². The summed E-state index contributed by atoms with van der Waals surface area (Å²) in [7, 11) is 0. The van der Waals surface area contributed by atoms with E-state index in [1.165, 1.54) is 21.9 Å². The Morgan fingerprint density at radius 2 is 1.40 bits per heavy atom. The summed E-state index contributed by atoms with van der Waals surface area (Å²) in [5, 5.41) is 2.68. The summed E-state index contributed by atoms with van der Waals surface area (Å²) < 4.78 is 0. The minimum absolute atomic E-state index is 0.230. The molecule has 78 valence electrons. The maximum Gasteiger partial charge on any atom is -0.0129 e. The molecule has 2 aromatic rings. The molecular formula is C15H18. The van der Waals surface area contributed by atoms with Crippen molar-refractivity contribution in [1.82, 2.24) is 0 Å². The standard InChI is InChI=1S/C15H18/c1-11-9-12-7-5-6-8-13(12)10-14(11)15(2,3)4/h5-10H,1-4H3. The smallest absolute Gasteiger partial charge is 0.0129 e. The number of hydrogen-bond donors (Lipinski definition) is 0. The zero-order valence-corrected chi connectivity index (χ0v) is 9.96. The topological polar surface area (TPSA) is 0 Å². The quantitative estimate of drug-likeness (QED) is 0.587. The number of aryl methyl sites for hydroxylation is 1. The summed E-state index contributed by atoms with van der Waals surface area (Å²) in [5.74, 6) is 0. The Morgan fingerprint density at radius 3 is 1.93 bits per heavy atom. The van der Waals surface area contributed by atoms with Crippen LogP contribution in [0.4, 0.5) is 0 Å². The summed E-state index contributed by atoms with van der Waals surface area (Å²) in [4.78, 5) is 0. The van der Waals surface area contributed by atoms with E-state index in [0.29, 0.717) is 0 Å². The van der Waals surface area contributed by atoms with Crippen LogP contribution in [-0.2, 0) is 5.41 Å². The Bertz CT molecular complexity index is 487. The van der Waals surface area contributed by atoms with E-state index >= 15 is 0 Å². The highest BCUT2D eigenvalue weighted by Gasteiger charge is 2.16. The summed E-state index contributed by atoms with van der Waals surface area (Å²) >= 11 is 0. The van der Waals surface area contributed by atoms with Gasteiger partial charge in [-0.1, -0.05) is 57.2 Å². The van der Waals surface area contributed by atoms with Gasteiger partial charge in [0.1, 0.15) is 0 Å². The van der Waals surface area contributed by atoms with Crippen LogP contribution in [0.5, 0.6) is 0 Å². The first-order chi connectivity index (χ1) is 6.98. The first kappa shape index (κ1) is 10.2. The molecule has 0 aromatic heterocycles. The van der Waals surface area contributed by atoms with Gasteiger partial charge in [-0.2, -0.15) is 0 Å². The van der Waals surface area contributed by atoms with E-state index in [2.05, 4.69) is 64.1 Å². The van der Waals surface area contributed by atoms with Crippen molar-refractivity contribution in [2.45, 2.75) is 33.1 Å². The van der Waals surface area contributed by atoms with Gasteiger partial charge in [-0.25, -0.2) is 0 Å². The van der Waals surface area contributed by atoms with Crippen LogP contribution in [0.2, 0.25) is 0 Å². The second-order valence-corrected chi connectivity index (χ2v) is 5.26. The molecule has 0 spiro atoms. The van der Waals surface area contributed by atoms with Gasteiger partial charge in [-0.15, -0.1) is 0 Å². The first-order valence-electron chi connectivity index (χ1n) is 5.48. The fraction of sp³-hybridized carbons (Fsp3) is 0.333. The Balaban J connectivity index is 2.73. The minimum atomic E-state index is 0.230. The lowest BCUT2D eigenvalue weighted by atomic mass is 9.83. The molecule has 0 N–H and O–H groups in total. The third-order valence-electron chi connectivity index (χ3n) is 2.90. The molecule has 0 atom stereocenters. The van der Waals surface area contributed by atoms with Gasteiger partial charge in [0, 0.05) is 0 Å². The monoisotopic (exact) mass is 198 g/mol. The van der Waals surface area contributed by atoms with Crippen molar-refractivity contribution >= 4 is 10.8 Å². The van der Waals surface area contributed by atoms with E-state index in [9.17, 15) is 0 Å². The lowest BCUT2D eigenvalue weighted by Gasteiger charge is -2.22. The molecule has 0 bridgehead atoms. The molecule has 2 rings (SSSR count). The second-order valence-electron chi connectivity index (χ2n) is 5.26. The van der Waals surface area contributed by atoms with Gasteiger partial charge in [-0.05, 0) is 34.2 Å². The van der Waals surface area contributed by atoms with Crippen LogP contribution >= 0.6 is 0 Å². The fourth-order valence-corrected chi connectivity index (χ4v) is 2.16. The largest absolute Gasteiger partial charge is 0.0616 e. The number of fused-ring (bicyclic) bond motifs is 1. The van der Waals surface area contributed by atoms with Gasteiger partial charge in [0.25, 0.3) is 0 Å².